The van der Waals surface area contributed by atoms with E-state index in [9.17, 15) is 10.1 Å². The number of nitrogens with one attached hydrogen (secondary N) is 1. The zero-order chi connectivity index (χ0) is 20.6. The first-order valence-corrected chi connectivity index (χ1v) is 10.2. The van der Waals surface area contributed by atoms with Crippen molar-refractivity contribution in [3.8, 4) is 17.6 Å². The van der Waals surface area contributed by atoms with Crippen LogP contribution in [0.3, 0.4) is 0 Å². The largest absolute Gasteiger partial charge is 0.457 e. The van der Waals surface area contributed by atoms with Gasteiger partial charge in [0, 0.05) is 23.6 Å². The molecule has 0 saturated carbocycles. The van der Waals surface area contributed by atoms with Crippen LogP contribution in [0.5, 0.6) is 11.5 Å². The lowest BCUT2D eigenvalue weighted by molar-refractivity contribution is -0.115. The van der Waals surface area contributed by atoms with E-state index in [2.05, 4.69) is 16.4 Å². The second-order valence-corrected chi connectivity index (χ2v) is 7.54. The third-order valence-electron chi connectivity index (χ3n) is 4.11. The Bertz CT molecular complexity index is 1030. The van der Waals surface area contributed by atoms with Gasteiger partial charge in [0.25, 0.3) is 0 Å². The average molecular weight is 404 g/mol. The molecule has 0 fully saturated rings. The molecule has 0 aliphatic rings. The van der Waals surface area contributed by atoms with Crippen molar-refractivity contribution in [3.63, 3.8) is 0 Å². The molecule has 5 nitrogen and oxygen atoms in total. The number of carbonyl (C=O) groups is 1. The van der Waals surface area contributed by atoms with Crippen LogP contribution in [0.2, 0.25) is 0 Å². The maximum Gasteiger partial charge on any atom is 0.225 e. The van der Waals surface area contributed by atoms with Gasteiger partial charge in [-0.25, -0.2) is 4.98 Å². The maximum absolute atomic E-state index is 12.2. The highest BCUT2D eigenvalue weighted by atomic mass is 32.2. The lowest BCUT2D eigenvalue weighted by Gasteiger charge is -2.09. The monoisotopic (exact) mass is 403 g/mol. The van der Waals surface area contributed by atoms with Crippen LogP contribution in [-0.2, 0) is 4.79 Å². The Morgan fingerprint density at radius 3 is 2.48 bits per heavy atom. The van der Waals surface area contributed by atoms with Crippen LogP contribution >= 0.6 is 11.8 Å². The summed E-state index contributed by atoms with van der Waals surface area (Å²) in [5, 5.41) is 12.9. The molecule has 3 aromatic rings. The summed E-state index contributed by atoms with van der Waals surface area (Å²) in [6.45, 7) is 3.80. The first kappa shape index (κ1) is 20.4. The smallest absolute Gasteiger partial charge is 0.225 e. The van der Waals surface area contributed by atoms with Gasteiger partial charge in [0.2, 0.25) is 5.91 Å². The molecule has 1 amide bonds. The summed E-state index contributed by atoms with van der Waals surface area (Å²) in [6.07, 6.45) is 0.326. The van der Waals surface area contributed by atoms with Gasteiger partial charge >= 0.3 is 0 Å². The fourth-order valence-corrected chi connectivity index (χ4v) is 3.78. The van der Waals surface area contributed by atoms with Crippen LogP contribution in [0.4, 0.5) is 5.69 Å². The Kier molecular flexibility index (Phi) is 6.88. The predicted molar refractivity (Wildman–Crippen MR) is 115 cm³/mol. The fourth-order valence-electron chi connectivity index (χ4n) is 2.74. The highest BCUT2D eigenvalue weighted by Gasteiger charge is 2.10. The number of ether oxygens (including phenoxy) is 1. The van der Waals surface area contributed by atoms with E-state index in [1.165, 1.54) is 11.8 Å². The van der Waals surface area contributed by atoms with Crippen LogP contribution < -0.4 is 10.1 Å². The van der Waals surface area contributed by atoms with E-state index in [4.69, 9.17) is 4.74 Å². The van der Waals surface area contributed by atoms with Gasteiger partial charge in [0.15, 0.2) is 0 Å². The van der Waals surface area contributed by atoms with Gasteiger partial charge in [-0.3, -0.25) is 4.79 Å². The van der Waals surface area contributed by atoms with E-state index in [0.717, 1.165) is 17.0 Å². The number of amides is 1. The van der Waals surface area contributed by atoms with E-state index < -0.39 is 0 Å². The molecular formula is C23H21N3O2S. The normalized spacial score (nSPS) is 10.2. The van der Waals surface area contributed by atoms with Crippen LogP contribution in [-0.4, -0.2) is 16.6 Å². The van der Waals surface area contributed by atoms with Gasteiger partial charge in [-0.2, -0.15) is 5.26 Å². The van der Waals surface area contributed by atoms with Crippen molar-refractivity contribution < 1.29 is 9.53 Å². The molecule has 0 aliphatic carbocycles. The molecule has 0 aliphatic heterocycles. The van der Waals surface area contributed by atoms with Crippen molar-refractivity contribution in [2.24, 2.45) is 0 Å². The molecule has 1 aromatic heterocycles. The predicted octanol–water partition coefficient (Wildman–Crippen LogP) is 5.48. The van der Waals surface area contributed by atoms with E-state index in [0.29, 0.717) is 34.2 Å². The number of anilines is 1. The minimum atomic E-state index is -0.0860. The Labute approximate surface area is 174 Å². The quantitative estimate of drug-likeness (QED) is 0.529. The van der Waals surface area contributed by atoms with Crippen molar-refractivity contribution in [2.45, 2.75) is 25.3 Å². The number of benzene rings is 2. The number of nitriles is 1. The molecule has 0 atom stereocenters. The summed E-state index contributed by atoms with van der Waals surface area (Å²) in [6, 6.07) is 20.9. The number of thioether (sulfide) groups is 1. The fraction of sp³-hybridized carbons (Fsp3) is 0.174. The molecule has 2 aromatic carbocycles. The van der Waals surface area contributed by atoms with Gasteiger partial charge in [0.05, 0.1) is 5.56 Å². The molecule has 6 heteroatoms. The van der Waals surface area contributed by atoms with Crippen molar-refractivity contribution in [1.82, 2.24) is 4.98 Å². The third-order valence-corrected chi connectivity index (χ3v) is 5.09. The molecule has 0 saturated heterocycles. The van der Waals surface area contributed by atoms with E-state index in [-0.39, 0.29) is 5.91 Å². The van der Waals surface area contributed by atoms with E-state index >= 15 is 0 Å². The van der Waals surface area contributed by atoms with Gasteiger partial charge in [-0.1, -0.05) is 18.2 Å². The van der Waals surface area contributed by atoms with Gasteiger partial charge in [-0.15, -0.1) is 11.8 Å². The number of aryl methyl sites for hydroxylation is 2. The summed E-state index contributed by atoms with van der Waals surface area (Å²) in [5.41, 5.74) is 3.06. The Morgan fingerprint density at radius 2 is 1.79 bits per heavy atom. The van der Waals surface area contributed by atoms with Crippen LogP contribution in [0.15, 0.2) is 65.7 Å². The summed E-state index contributed by atoms with van der Waals surface area (Å²) in [7, 11) is 0. The van der Waals surface area contributed by atoms with Crippen LogP contribution in [0.25, 0.3) is 0 Å². The first-order chi connectivity index (χ1) is 14.0. The van der Waals surface area contributed by atoms with E-state index in [1.807, 2.05) is 74.5 Å². The summed E-state index contributed by atoms with van der Waals surface area (Å²) >= 11 is 1.43. The molecule has 3 rings (SSSR count). The minimum Gasteiger partial charge on any atom is -0.457 e. The molecule has 146 valence electrons. The number of nitrogens with zero attached hydrogens (tertiary/aromatic N) is 2. The third kappa shape index (κ3) is 5.84. The lowest BCUT2D eigenvalue weighted by atomic mass is 10.1. The van der Waals surface area contributed by atoms with Gasteiger partial charge < -0.3 is 10.1 Å². The molecule has 0 unspecified atom stereocenters. The maximum atomic E-state index is 12.2. The zero-order valence-electron chi connectivity index (χ0n) is 16.3. The second-order valence-electron chi connectivity index (χ2n) is 6.46. The summed E-state index contributed by atoms with van der Waals surface area (Å²) < 4.78 is 5.74. The zero-order valence-corrected chi connectivity index (χ0v) is 17.1. The Balaban J connectivity index is 1.51. The van der Waals surface area contributed by atoms with Crippen molar-refractivity contribution >= 4 is 23.4 Å². The molecule has 1 N–H and O–H groups in total. The van der Waals surface area contributed by atoms with Crippen molar-refractivity contribution in [2.75, 3.05) is 11.1 Å². The highest BCUT2D eigenvalue weighted by molar-refractivity contribution is 7.99. The van der Waals surface area contributed by atoms with Crippen molar-refractivity contribution in [3.05, 3.63) is 77.5 Å². The standard InChI is InChI=1S/C23H21N3O2S/c1-16-14-17(2)25-23(21(16)15-24)29-13-12-22(27)26-18-8-10-20(11-9-18)28-19-6-4-3-5-7-19/h3-11,14H,12-13H2,1-2H3,(H,26,27). The summed E-state index contributed by atoms with van der Waals surface area (Å²) in [5.74, 6) is 1.93. The number of para-hydroxylation sites is 1. The molecular weight excluding hydrogens is 382 g/mol. The van der Waals surface area contributed by atoms with E-state index in [1.54, 1.807) is 0 Å². The minimum absolute atomic E-state index is 0.0860. The SMILES string of the molecule is Cc1cc(C)c(C#N)c(SCCC(=O)Nc2ccc(Oc3ccccc3)cc2)n1. The average Bonchev–Trinajstić information content (AvgIpc) is 2.70. The Hall–Kier alpha value is -3.30. The van der Waals surface area contributed by atoms with Gasteiger partial charge in [0.1, 0.15) is 22.6 Å². The summed E-state index contributed by atoms with van der Waals surface area (Å²) in [4.78, 5) is 16.7. The molecule has 29 heavy (non-hydrogen) atoms. The second kappa shape index (κ2) is 9.76. The number of hydrogen-bond donors (Lipinski definition) is 1. The highest BCUT2D eigenvalue weighted by Crippen LogP contribution is 2.25. The lowest BCUT2D eigenvalue weighted by Crippen LogP contribution is -2.12. The van der Waals surface area contributed by atoms with Gasteiger partial charge in [-0.05, 0) is 61.9 Å². The number of hydrogen-bond acceptors (Lipinski definition) is 5. The molecule has 1 heterocycles. The number of aromatic nitrogens is 1. The van der Waals surface area contributed by atoms with Crippen molar-refractivity contribution in [1.29, 1.82) is 5.26 Å². The van der Waals surface area contributed by atoms with Crippen LogP contribution in [0.1, 0.15) is 23.2 Å². The molecule has 0 bridgehead atoms. The Morgan fingerprint density at radius 1 is 1.10 bits per heavy atom. The number of rotatable bonds is 7. The molecule has 0 spiro atoms. The topological polar surface area (TPSA) is 75.0 Å². The number of carbonyl (C=O) groups excluding carboxylic acids is 1. The number of pyridine rings is 1. The molecule has 0 radical (unpaired) electrons. The van der Waals surface area contributed by atoms with Crippen LogP contribution in [0, 0.1) is 25.2 Å². The first-order valence-electron chi connectivity index (χ1n) is 9.19.